The second-order valence-electron chi connectivity index (χ2n) is 8.20. The van der Waals surface area contributed by atoms with Crippen molar-refractivity contribution in [2.45, 2.75) is 25.7 Å². The molecule has 2 unspecified atom stereocenters. The number of benzene rings is 2. The van der Waals surface area contributed by atoms with E-state index in [-0.39, 0.29) is 24.4 Å². The van der Waals surface area contributed by atoms with Gasteiger partial charge in [-0.05, 0) is 55.3 Å². The lowest BCUT2D eigenvalue weighted by molar-refractivity contribution is -0.274. The molecule has 0 saturated carbocycles. The fourth-order valence-corrected chi connectivity index (χ4v) is 4.22. The first-order valence-corrected chi connectivity index (χ1v) is 11.2. The summed E-state index contributed by atoms with van der Waals surface area (Å²) in [5.41, 5.74) is 0.881. The number of hydrogen-bond donors (Lipinski definition) is 1. The minimum atomic E-state index is -4.83. The summed E-state index contributed by atoms with van der Waals surface area (Å²) >= 11 is 6.10. The molecule has 0 bridgehead atoms. The number of carboxylic acids is 1. The summed E-state index contributed by atoms with van der Waals surface area (Å²) in [4.78, 5) is 44.0. The lowest BCUT2D eigenvalue weighted by Gasteiger charge is -2.38. The van der Waals surface area contributed by atoms with E-state index in [1.54, 1.807) is 24.3 Å². The molecule has 0 spiro atoms. The van der Waals surface area contributed by atoms with Crippen LogP contribution < -0.4 is 4.74 Å². The van der Waals surface area contributed by atoms with E-state index in [4.69, 9.17) is 11.6 Å². The number of carbonyl (C=O) groups is 3. The second kappa shape index (κ2) is 11.0. The van der Waals surface area contributed by atoms with Gasteiger partial charge in [0.25, 0.3) is 5.91 Å². The van der Waals surface area contributed by atoms with Crippen molar-refractivity contribution in [1.29, 1.82) is 0 Å². The minimum Gasteiger partial charge on any atom is -0.481 e. The fourth-order valence-electron chi connectivity index (χ4n) is 4.02. The fraction of sp³-hybridized carbons (Fsp3) is 0.333. The van der Waals surface area contributed by atoms with Gasteiger partial charge in [-0.25, -0.2) is 9.79 Å². The van der Waals surface area contributed by atoms with Crippen molar-refractivity contribution in [3.05, 3.63) is 64.7 Å². The number of aliphatic carboxylic acids is 1. The first kappa shape index (κ1) is 27.0. The Morgan fingerprint density at radius 3 is 2.44 bits per heavy atom. The van der Waals surface area contributed by atoms with Crippen molar-refractivity contribution >= 4 is 35.2 Å². The molecule has 2 aromatic carbocycles. The van der Waals surface area contributed by atoms with Gasteiger partial charge in [-0.15, -0.1) is 13.2 Å². The maximum absolute atomic E-state index is 12.7. The Bertz CT molecular complexity index is 1170. The van der Waals surface area contributed by atoms with Gasteiger partial charge in [0.15, 0.2) is 0 Å². The molecule has 2 aromatic rings. The normalized spacial score (nSPS) is 18.0. The molecule has 0 aromatic heterocycles. The molecule has 3 amide bonds. The Hall–Kier alpha value is -3.60. The van der Waals surface area contributed by atoms with E-state index in [0.717, 1.165) is 12.1 Å². The first-order valence-electron chi connectivity index (χ1n) is 10.8. The Kier molecular flexibility index (Phi) is 8.24. The third-order valence-corrected chi connectivity index (χ3v) is 5.88. The first-order chi connectivity index (χ1) is 16.9. The summed E-state index contributed by atoms with van der Waals surface area (Å²) in [7, 11) is 1.51. The van der Waals surface area contributed by atoms with Crippen LogP contribution in [0.25, 0.3) is 0 Å². The standard InChI is InChI=1S/C24H23ClF3N3O5/c1-14-19(22(33)34)20(16-5-3-6-17(25)13-16)31(23(35)29-14)12-4-11-30(2)21(32)15-7-9-18(10-8-15)36-24(26,27)28/h3,5-10,13,19-20H,4,11-12H2,1-2H3,(H,33,34). The molecule has 3 rings (SSSR count). The van der Waals surface area contributed by atoms with Crippen LogP contribution in [0.4, 0.5) is 18.0 Å². The molecule has 8 nitrogen and oxygen atoms in total. The van der Waals surface area contributed by atoms with Crippen molar-refractivity contribution in [3.63, 3.8) is 0 Å². The highest BCUT2D eigenvalue weighted by Gasteiger charge is 2.42. The van der Waals surface area contributed by atoms with Gasteiger partial charge in [0, 0.05) is 36.4 Å². The number of halogens is 4. The molecule has 36 heavy (non-hydrogen) atoms. The van der Waals surface area contributed by atoms with Gasteiger partial charge in [0.2, 0.25) is 0 Å². The highest BCUT2D eigenvalue weighted by molar-refractivity contribution is 6.30. The molecule has 12 heteroatoms. The summed E-state index contributed by atoms with van der Waals surface area (Å²) in [6.07, 6.45) is -4.54. The molecular weight excluding hydrogens is 503 g/mol. The Labute approximate surface area is 209 Å². The lowest BCUT2D eigenvalue weighted by Crippen LogP contribution is -2.47. The SMILES string of the molecule is CC1=NC(=O)N(CCCN(C)C(=O)c2ccc(OC(F)(F)F)cc2)C(c2cccc(Cl)c2)C1C(=O)O. The number of hydrogen-bond acceptors (Lipinski definition) is 4. The van der Waals surface area contributed by atoms with E-state index in [2.05, 4.69) is 9.73 Å². The van der Waals surface area contributed by atoms with Gasteiger partial charge in [-0.1, -0.05) is 23.7 Å². The number of ether oxygens (including phenoxy) is 1. The highest BCUT2D eigenvalue weighted by Crippen LogP contribution is 2.35. The van der Waals surface area contributed by atoms with E-state index >= 15 is 0 Å². The second-order valence-corrected chi connectivity index (χ2v) is 8.63. The number of carbonyl (C=O) groups excluding carboxylic acids is 2. The van der Waals surface area contributed by atoms with Crippen molar-refractivity contribution in [1.82, 2.24) is 9.80 Å². The Morgan fingerprint density at radius 1 is 1.19 bits per heavy atom. The third-order valence-electron chi connectivity index (χ3n) is 5.65. The zero-order valence-corrected chi connectivity index (χ0v) is 20.1. The van der Waals surface area contributed by atoms with Crippen LogP contribution >= 0.6 is 11.6 Å². The van der Waals surface area contributed by atoms with Crippen LogP contribution in [0.15, 0.2) is 53.5 Å². The molecule has 0 fully saturated rings. The Balaban J connectivity index is 1.70. The molecule has 2 atom stereocenters. The van der Waals surface area contributed by atoms with Crippen molar-refractivity contribution < 1.29 is 37.4 Å². The predicted octanol–water partition coefficient (Wildman–Crippen LogP) is 5.04. The molecule has 0 aliphatic carbocycles. The highest BCUT2D eigenvalue weighted by atomic mass is 35.5. The van der Waals surface area contributed by atoms with E-state index in [9.17, 15) is 32.7 Å². The minimum absolute atomic E-state index is 0.104. The van der Waals surface area contributed by atoms with Crippen LogP contribution in [-0.4, -0.2) is 65.0 Å². The van der Waals surface area contributed by atoms with Gasteiger partial charge in [-0.3, -0.25) is 9.59 Å². The van der Waals surface area contributed by atoms with E-state index < -0.39 is 42.0 Å². The molecule has 1 heterocycles. The van der Waals surface area contributed by atoms with Crippen LogP contribution in [0.3, 0.4) is 0 Å². The predicted molar refractivity (Wildman–Crippen MR) is 125 cm³/mol. The number of amides is 3. The number of rotatable bonds is 8. The lowest BCUT2D eigenvalue weighted by atomic mass is 9.87. The number of alkyl halides is 3. The van der Waals surface area contributed by atoms with Gasteiger partial charge in [0.05, 0.1) is 6.04 Å². The van der Waals surface area contributed by atoms with E-state index in [0.29, 0.717) is 17.0 Å². The monoisotopic (exact) mass is 525 g/mol. The summed E-state index contributed by atoms with van der Waals surface area (Å²) in [5.74, 6) is -3.09. The molecular formula is C24H23ClF3N3O5. The molecule has 1 aliphatic rings. The maximum Gasteiger partial charge on any atom is 0.573 e. The van der Waals surface area contributed by atoms with Gasteiger partial charge >= 0.3 is 18.4 Å². The maximum atomic E-state index is 12.7. The number of carboxylic acid groups (broad SMARTS) is 1. The van der Waals surface area contributed by atoms with Gasteiger partial charge in [0.1, 0.15) is 11.7 Å². The van der Waals surface area contributed by atoms with Crippen molar-refractivity contribution in [3.8, 4) is 5.75 Å². The molecule has 1 N–H and O–H groups in total. The van der Waals surface area contributed by atoms with Gasteiger partial charge < -0.3 is 19.6 Å². The Morgan fingerprint density at radius 2 is 1.86 bits per heavy atom. The van der Waals surface area contributed by atoms with Crippen LogP contribution in [0.5, 0.6) is 5.75 Å². The summed E-state index contributed by atoms with van der Waals surface area (Å²) in [6, 6.07) is 9.69. The third kappa shape index (κ3) is 6.54. The van der Waals surface area contributed by atoms with Crippen LogP contribution in [0, 0.1) is 5.92 Å². The van der Waals surface area contributed by atoms with Crippen molar-refractivity contribution in [2.24, 2.45) is 10.9 Å². The van der Waals surface area contributed by atoms with Crippen LogP contribution in [-0.2, 0) is 4.79 Å². The zero-order chi connectivity index (χ0) is 26.6. The summed E-state index contributed by atoms with van der Waals surface area (Å²) in [5, 5.41) is 10.2. The average molecular weight is 526 g/mol. The summed E-state index contributed by atoms with van der Waals surface area (Å²) in [6.45, 7) is 1.78. The average Bonchev–Trinajstić information content (AvgIpc) is 2.78. The molecule has 0 saturated heterocycles. The van der Waals surface area contributed by atoms with E-state index in [1.165, 1.54) is 35.9 Å². The van der Waals surface area contributed by atoms with E-state index in [1.807, 2.05) is 0 Å². The molecule has 0 radical (unpaired) electrons. The zero-order valence-electron chi connectivity index (χ0n) is 19.3. The quantitative estimate of drug-likeness (QED) is 0.520. The summed E-state index contributed by atoms with van der Waals surface area (Å²) < 4.78 is 40.8. The molecule has 1 aliphatic heterocycles. The smallest absolute Gasteiger partial charge is 0.481 e. The number of nitrogens with zero attached hydrogens (tertiary/aromatic N) is 3. The topological polar surface area (TPSA) is 99.5 Å². The molecule has 192 valence electrons. The van der Waals surface area contributed by atoms with Gasteiger partial charge in [-0.2, -0.15) is 0 Å². The largest absolute Gasteiger partial charge is 0.573 e. The van der Waals surface area contributed by atoms with Crippen LogP contribution in [0.1, 0.15) is 35.3 Å². The number of urea groups is 1. The van der Waals surface area contributed by atoms with Crippen molar-refractivity contribution in [2.75, 3.05) is 20.1 Å². The number of aliphatic imine (C=N–C) groups is 1. The van der Waals surface area contributed by atoms with Crippen LogP contribution in [0.2, 0.25) is 5.02 Å².